The second-order valence-electron chi connectivity index (χ2n) is 3.51. The second-order valence-corrected chi connectivity index (χ2v) is 4.36. The second kappa shape index (κ2) is 6.16. The van der Waals surface area contributed by atoms with Gasteiger partial charge in [-0.3, -0.25) is 9.78 Å². The standard InChI is InChI=1S/C13H11BrN2O2/c14-11-5-1-2-6-12(11)16-13(17)9-18-10-4-3-7-15-8-10/h1-8H,9H2,(H,16,17). The third-order valence-electron chi connectivity index (χ3n) is 2.15. The summed E-state index contributed by atoms with van der Waals surface area (Å²) >= 11 is 3.36. The lowest BCUT2D eigenvalue weighted by atomic mass is 10.3. The number of nitrogens with one attached hydrogen (secondary N) is 1. The van der Waals surface area contributed by atoms with Crippen LogP contribution in [0.3, 0.4) is 0 Å². The first-order valence-electron chi connectivity index (χ1n) is 5.33. The van der Waals surface area contributed by atoms with Crippen LogP contribution in [-0.2, 0) is 4.79 Å². The van der Waals surface area contributed by atoms with E-state index in [0.29, 0.717) is 5.75 Å². The number of rotatable bonds is 4. The minimum absolute atomic E-state index is 0.0486. The van der Waals surface area contributed by atoms with Gasteiger partial charge in [0.15, 0.2) is 6.61 Å². The molecule has 1 amide bonds. The molecule has 0 aliphatic carbocycles. The van der Waals surface area contributed by atoms with Gasteiger partial charge in [0, 0.05) is 10.7 Å². The molecule has 1 aromatic carbocycles. The van der Waals surface area contributed by atoms with E-state index in [0.717, 1.165) is 10.2 Å². The van der Waals surface area contributed by atoms with Crippen molar-refractivity contribution in [2.24, 2.45) is 0 Å². The maximum atomic E-state index is 11.7. The number of benzene rings is 1. The highest BCUT2D eigenvalue weighted by Gasteiger charge is 2.05. The average Bonchev–Trinajstić information content (AvgIpc) is 2.40. The lowest BCUT2D eigenvalue weighted by Gasteiger charge is -2.08. The van der Waals surface area contributed by atoms with E-state index in [1.54, 1.807) is 24.5 Å². The Balaban J connectivity index is 1.88. The fourth-order valence-corrected chi connectivity index (χ4v) is 1.71. The Morgan fingerprint density at radius 1 is 1.28 bits per heavy atom. The van der Waals surface area contributed by atoms with Crippen LogP contribution in [0.4, 0.5) is 5.69 Å². The minimum Gasteiger partial charge on any atom is -0.482 e. The molecule has 0 unspecified atom stereocenters. The fraction of sp³-hybridized carbons (Fsp3) is 0.0769. The average molecular weight is 307 g/mol. The van der Waals surface area contributed by atoms with Crippen molar-refractivity contribution in [3.63, 3.8) is 0 Å². The molecule has 0 fully saturated rings. The summed E-state index contributed by atoms with van der Waals surface area (Å²) in [5.41, 5.74) is 0.720. The molecule has 1 aromatic heterocycles. The normalized spacial score (nSPS) is 9.83. The van der Waals surface area contributed by atoms with Gasteiger partial charge < -0.3 is 10.1 Å². The van der Waals surface area contributed by atoms with E-state index in [4.69, 9.17) is 4.74 Å². The van der Waals surface area contributed by atoms with Crippen molar-refractivity contribution in [1.82, 2.24) is 4.98 Å². The SMILES string of the molecule is O=C(COc1cccnc1)Nc1ccccc1Br. The lowest BCUT2D eigenvalue weighted by molar-refractivity contribution is -0.118. The monoisotopic (exact) mass is 306 g/mol. The summed E-state index contributed by atoms with van der Waals surface area (Å²) in [5.74, 6) is 0.352. The van der Waals surface area contributed by atoms with E-state index in [2.05, 4.69) is 26.2 Å². The zero-order valence-electron chi connectivity index (χ0n) is 9.47. The Kier molecular flexibility index (Phi) is 4.30. The predicted molar refractivity (Wildman–Crippen MR) is 72.5 cm³/mol. The van der Waals surface area contributed by atoms with Gasteiger partial charge in [0.05, 0.1) is 11.9 Å². The van der Waals surface area contributed by atoms with E-state index in [-0.39, 0.29) is 12.5 Å². The molecule has 2 aromatic rings. The van der Waals surface area contributed by atoms with Crippen molar-refractivity contribution in [3.05, 3.63) is 53.3 Å². The number of hydrogen-bond donors (Lipinski definition) is 1. The van der Waals surface area contributed by atoms with Gasteiger partial charge >= 0.3 is 0 Å². The molecule has 2 rings (SSSR count). The molecular weight excluding hydrogens is 296 g/mol. The summed E-state index contributed by atoms with van der Waals surface area (Å²) < 4.78 is 6.12. The number of para-hydroxylation sites is 1. The number of amides is 1. The molecule has 0 aliphatic rings. The van der Waals surface area contributed by atoms with Gasteiger partial charge in [0.25, 0.3) is 5.91 Å². The van der Waals surface area contributed by atoms with Crippen molar-refractivity contribution in [2.45, 2.75) is 0 Å². The lowest BCUT2D eigenvalue weighted by Crippen LogP contribution is -2.20. The molecule has 0 saturated heterocycles. The molecule has 5 heteroatoms. The molecule has 0 radical (unpaired) electrons. The van der Waals surface area contributed by atoms with Gasteiger partial charge in [-0.1, -0.05) is 12.1 Å². The summed E-state index contributed by atoms with van der Waals surface area (Å²) in [6, 6.07) is 10.9. The van der Waals surface area contributed by atoms with Gasteiger partial charge in [0.1, 0.15) is 5.75 Å². The third-order valence-corrected chi connectivity index (χ3v) is 2.84. The molecular formula is C13H11BrN2O2. The van der Waals surface area contributed by atoms with E-state index < -0.39 is 0 Å². The van der Waals surface area contributed by atoms with Gasteiger partial charge in [-0.05, 0) is 40.2 Å². The Morgan fingerprint density at radius 2 is 2.11 bits per heavy atom. The quantitative estimate of drug-likeness (QED) is 0.945. The van der Waals surface area contributed by atoms with Gasteiger partial charge in [-0.15, -0.1) is 0 Å². The smallest absolute Gasteiger partial charge is 0.262 e. The van der Waals surface area contributed by atoms with Crippen LogP contribution in [0.15, 0.2) is 53.3 Å². The molecule has 0 spiro atoms. The number of nitrogens with zero attached hydrogens (tertiary/aromatic N) is 1. The van der Waals surface area contributed by atoms with Crippen LogP contribution in [0.5, 0.6) is 5.75 Å². The van der Waals surface area contributed by atoms with E-state index in [1.165, 1.54) is 0 Å². The van der Waals surface area contributed by atoms with E-state index in [1.807, 2.05) is 24.3 Å². The summed E-state index contributed by atoms with van der Waals surface area (Å²) in [6.45, 7) is -0.0486. The summed E-state index contributed by atoms with van der Waals surface area (Å²) in [4.78, 5) is 15.6. The molecule has 0 saturated carbocycles. The number of aromatic nitrogens is 1. The van der Waals surface area contributed by atoms with Crippen molar-refractivity contribution >= 4 is 27.5 Å². The van der Waals surface area contributed by atoms with Crippen LogP contribution in [0, 0.1) is 0 Å². The molecule has 0 atom stereocenters. The van der Waals surface area contributed by atoms with Crippen LogP contribution < -0.4 is 10.1 Å². The first-order chi connectivity index (χ1) is 8.75. The third kappa shape index (κ3) is 3.56. The zero-order valence-corrected chi connectivity index (χ0v) is 11.1. The number of carbonyl (C=O) groups excluding carboxylic acids is 1. The highest BCUT2D eigenvalue weighted by atomic mass is 79.9. The Labute approximate surface area is 113 Å². The number of hydrogen-bond acceptors (Lipinski definition) is 3. The highest BCUT2D eigenvalue weighted by Crippen LogP contribution is 2.20. The topological polar surface area (TPSA) is 51.2 Å². The summed E-state index contributed by atoms with van der Waals surface area (Å²) in [7, 11) is 0. The van der Waals surface area contributed by atoms with Crippen molar-refractivity contribution in [1.29, 1.82) is 0 Å². The van der Waals surface area contributed by atoms with Gasteiger partial charge in [-0.25, -0.2) is 0 Å². The molecule has 92 valence electrons. The minimum atomic E-state index is -0.217. The Bertz CT molecular complexity index is 532. The van der Waals surface area contributed by atoms with Crippen molar-refractivity contribution < 1.29 is 9.53 Å². The summed E-state index contributed by atoms with van der Waals surface area (Å²) in [6.07, 6.45) is 3.21. The van der Waals surface area contributed by atoms with Gasteiger partial charge in [-0.2, -0.15) is 0 Å². The maximum Gasteiger partial charge on any atom is 0.262 e. The van der Waals surface area contributed by atoms with Crippen LogP contribution >= 0.6 is 15.9 Å². The zero-order chi connectivity index (χ0) is 12.8. The van der Waals surface area contributed by atoms with Crippen LogP contribution in [0.2, 0.25) is 0 Å². The largest absolute Gasteiger partial charge is 0.482 e. The summed E-state index contributed by atoms with van der Waals surface area (Å²) in [5, 5.41) is 2.75. The van der Waals surface area contributed by atoms with Crippen LogP contribution in [0.1, 0.15) is 0 Å². The maximum absolute atomic E-state index is 11.7. The van der Waals surface area contributed by atoms with Crippen molar-refractivity contribution in [2.75, 3.05) is 11.9 Å². The van der Waals surface area contributed by atoms with E-state index in [9.17, 15) is 4.79 Å². The number of halogens is 1. The first kappa shape index (κ1) is 12.6. The first-order valence-corrected chi connectivity index (χ1v) is 6.12. The number of anilines is 1. The molecule has 0 bridgehead atoms. The number of carbonyl (C=O) groups is 1. The van der Waals surface area contributed by atoms with Crippen LogP contribution in [-0.4, -0.2) is 17.5 Å². The molecule has 4 nitrogen and oxygen atoms in total. The van der Waals surface area contributed by atoms with Crippen LogP contribution in [0.25, 0.3) is 0 Å². The Morgan fingerprint density at radius 3 is 2.83 bits per heavy atom. The van der Waals surface area contributed by atoms with Crippen molar-refractivity contribution in [3.8, 4) is 5.75 Å². The van der Waals surface area contributed by atoms with Gasteiger partial charge in [0.2, 0.25) is 0 Å². The molecule has 1 N–H and O–H groups in total. The molecule has 0 aliphatic heterocycles. The molecule has 1 heterocycles. The molecule has 18 heavy (non-hydrogen) atoms. The number of pyridine rings is 1. The predicted octanol–water partition coefficient (Wildman–Crippen LogP) is 2.86. The Hall–Kier alpha value is -1.88. The fourth-order valence-electron chi connectivity index (χ4n) is 1.33. The highest BCUT2D eigenvalue weighted by molar-refractivity contribution is 9.10. The van der Waals surface area contributed by atoms with E-state index >= 15 is 0 Å². The number of ether oxygens (including phenoxy) is 1.